The standard InChI is InChI=1S/C35H39N7O/c1-41(28-11-7-27(8-12-28)35(37)15-3-16-35)33-31(39-22-26-4-2-19-38-32(26)36)14-13-30(40-33)25-5-9-29(10-6-25)42-23-34(24-42)17-20-43-21-18-34/h2,4-14,19,22H,3,15-18,20-21,23-24,37H2,1H3,(H2,36,38). The van der Waals surface area contributed by atoms with Gasteiger partial charge in [-0.05, 0) is 86.2 Å². The zero-order valence-corrected chi connectivity index (χ0v) is 24.7. The number of anilines is 4. The van der Waals surface area contributed by atoms with Crippen LogP contribution in [0.5, 0.6) is 0 Å². The number of nitrogens with zero attached hydrogens (tertiary/aromatic N) is 5. The molecule has 0 radical (unpaired) electrons. The lowest BCUT2D eigenvalue weighted by atomic mass is 9.73. The van der Waals surface area contributed by atoms with Crippen molar-refractivity contribution in [2.24, 2.45) is 16.1 Å². The Morgan fingerprint density at radius 2 is 1.67 bits per heavy atom. The van der Waals surface area contributed by atoms with Gasteiger partial charge in [-0.1, -0.05) is 24.3 Å². The predicted molar refractivity (Wildman–Crippen MR) is 174 cm³/mol. The average molecular weight is 574 g/mol. The van der Waals surface area contributed by atoms with E-state index in [2.05, 4.69) is 63.3 Å². The summed E-state index contributed by atoms with van der Waals surface area (Å²) in [6.45, 7) is 4.01. The van der Waals surface area contributed by atoms with Gasteiger partial charge in [-0.2, -0.15) is 0 Å². The number of ether oxygens (including phenoxy) is 1. The van der Waals surface area contributed by atoms with Crippen molar-refractivity contribution in [3.63, 3.8) is 0 Å². The molecular weight excluding hydrogens is 534 g/mol. The fraction of sp³-hybridized carbons (Fsp3) is 0.343. The summed E-state index contributed by atoms with van der Waals surface area (Å²) in [5.74, 6) is 1.20. The largest absolute Gasteiger partial charge is 0.383 e. The molecule has 220 valence electrons. The van der Waals surface area contributed by atoms with Crippen molar-refractivity contribution in [3.8, 4) is 11.3 Å². The number of pyridine rings is 2. The van der Waals surface area contributed by atoms with Crippen LogP contribution in [-0.4, -0.2) is 49.5 Å². The van der Waals surface area contributed by atoms with E-state index in [0.717, 1.165) is 73.2 Å². The van der Waals surface area contributed by atoms with Crippen LogP contribution in [0.25, 0.3) is 11.3 Å². The number of hydrogen-bond acceptors (Lipinski definition) is 8. The van der Waals surface area contributed by atoms with Gasteiger partial charge in [0, 0.05) is 79.2 Å². The molecule has 4 heterocycles. The molecule has 7 rings (SSSR count). The SMILES string of the molecule is CN(c1ccc(C2(N)CCC2)cc1)c1nc(-c2ccc(N3CC4(CCOCC4)C3)cc2)ccc1N=Cc1cccnc1N. The summed E-state index contributed by atoms with van der Waals surface area (Å²) in [6.07, 6.45) is 9.02. The molecule has 3 fully saturated rings. The van der Waals surface area contributed by atoms with Crippen molar-refractivity contribution < 1.29 is 4.74 Å². The zero-order valence-electron chi connectivity index (χ0n) is 24.7. The van der Waals surface area contributed by atoms with Crippen molar-refractivity contribution in [1.29, 1.82) is 0 Å². The summed E-state index contributed by atoms with van der Waals surface area (Å²) in [7, 11) is 2.03. The lowest BCUT2D eigenvalue weighted by Gasteiger charge is -2.53. The lowest BCUT2D eigenvalue weighted by Crippen LogP contribution is -2.58. The minimum Gasteiger partial charge on any atom is -0.383 e. The molecule has 1 saturated carbocycles. The van der Waals surface area contributed by atoms with Gasteiger partial charge < -0.3 is 26.0 Å². The van der Waals surface area contributed by atoms with Crippen molar-refractivity contribution >= 4 is 34.9 Å². The third-order valence-electron chi connectivity index (χ3n) is 9.60. The van der Waals surface area contributed by atoms with Crippen molar-refractivity contribution in [2.75, 3.05) is 48.9 Å². The summed E-state index contributed by atoms with van der Waals surface area (Å²) in [4.78, 5) is 18.7. The molecule has 2 aliphatic heterocycles. The van der Waals surface area contributed by atoms with Crippen LogP contribution in [0.3, 0.4) is 0 Å². The highest BCUT2D eigenvalue weighted by atomic mass is 16.5. The first-order valence-electron chi connectivity index (χ1n) is 15.2. The quantitative estimate of drug-likeness (QED) is 0.254. The van der Waals surface area contributed by atoms with Crippen molar-refractivity contribution in [3.05, 3.63) is 90.1 Å². The van der Waals surface area contributed by atoms with Crippen LogP contribution in [0.1, 0.15) is 43.2 Å². The van der Waals surface area contributed by atoms with Crippen LogP contribution in [0.2, 0.25) is 0 Å². The minimum absolute atomic E-state index is 0.192. The van der Waals surface area contributed by atoms with Crippen LogP contribution < -0.4 is 21.3 Å². The van der Waals surface area contributed by atoms with Gasteiger partial charge in [0.2, 0.25) is 0 Å². The molecule has 0 atom stereocenters. The number of nitrogen functional groups attached to an aromatic ring is 1. The molecule has 1 spiro atoms. The van der Waals surface area contributed by atoms with Crippen LogP contribution in [0.4, 0.5) is 28.7 Å². The Morgan fingerprint density at radius 1 is 0.930 bits per heavy atom. The maximum absolute atomic E-state index is 6.59. The van der Waals surface area contributed by atoms with Gasteiger partial charge >= 0.3 is 0 Å². The zero-order chi connectivity index (χ0) is 29.4. The van der Waals surface area contributed by atoms with Gasteiger partial charge in [-0.15, -0.1) is 0 Å². The molecule has 4 aromatic rings. The average Bonchev–Trinajstić information content (AvgIpc) is 3.02. The van der Waals surface area contributed by atoms with E-state index >= 15 is 0 Å². The highest BCUT2D eigenvalue weighted by molar-refractivity contribution is 5.89. The van der Waals surface area contributed by atoms with E-state index in [1.807, 2.05) is 31.3 Å². The third-order valence-corrected chi connectivity index (χ3v) is 9.60. The van der Waals surface area contributed by atoms with E-state index in [9.17, 15) is 0 Å². The topological polar surface area (TPSA) is 106 Å². The highest BCUT2D eigenvalue weighted by Gasteiger charge is 2.43. The number of aromatic nitrogens is 2. The number of benzene rings is 2. The van der Waals surface area contributed by atoms with Crippen LogP contribution >= 0.6 is 0 Å². The van der Waals surface area contributed by atoms with E-state index in [1.54, 1.807) is 12.4 Å². The molecule has 8 heteroatoms. The Kier molecular flexibility index (Phi) is 7.11. The Labute approximate surface area is 253 Å². The number of aliphatic imine (C=N–C) groups is 1. The van der Waals surface area contributed by atoms with Gasteiger partial charge in [0.1, 0.15) is 11.5 Å². The molecule has 2 aromatic heterocycles. The van der Waals surface area contributed by atoms with Crippen molar-refractivity contribution in [1.82, 2.24) is 9.97 Å². The summed E-state index contributed by atoms with van der Waals surface area (Å²) >= 11 is 0. The molecule has 2 aromatic carbocycles. The summed E-state index contributed by atoms with van der Waals surface area (Å²) in [6, 6.07) is 25.1. The fourth-order valence-corrected chi connectivity index (χ4v) is 6.52. The normalized spacial score (nSPS) is 18.8. The second-order valence-corrected chi connectivity index (χ2v) is 12.4. The molecular formula is C35H39N7O. The molecule has 0 amide bonds. The van der Waals surface area contributed by atoms with E-state index in [-0.39, 0.29) is 5.54 Å². The first-order chi connectivity index (χ1) is 20.9. The Balaban J connectivity index is 1.17. The van der Waals surface area contributed by atoms with Crippen molar-refractivity contribution in [2.45, 2.75) is 37.6 Å². The monoisotopic (exact) mass is 573 g/mol. The number of nitrogens with two attached hydrogens (primary N) is 2. The fourth-order valence-electron chi connectivity index (χ4n) is 6.52. The molecule has 0 bridgehead atoms. The second kappa shape index (κ2) is 11.1. The number of rotatable bonds is 7. The summed E-state index contributed by atoms with van der Waals surface area (Å²) < 4.78 is 5.59. The predicted octanol–water partition coefficient (Wildman–Crippen LogP) is 6.20. The van der Waals surface area contributed by atoms with E-state index in [4.69, 9.17) is 26.2 Å². The second-order valence-electron chi connectivity index (χ2n) is 12.4. The third kappa shape index (κ3) is 5.37. The molecule has 0 unspecified atom stereocenters. The maximum Gasteiger partial charge on any atom is 0.159 e. The Morgan fingerprint density at radius 3 is 2.35 bits per heavy atom. The molecule has 4 N–H and O–H groups in total. The molecule has 43 heavy (non-hydrogen) atoms. The van der Waals surface area contributed by atoms with Gasteiger partial charge in [0.05, 0.1) is 5.69 Å². The van der Waals surface area contributed by atoms with E-state index in [0.29, 0.717) is 11.2 Å². The van der Waals surface area contributed by atoms with Crippen LogP contribution in [0.15, 0.2) is 84.0 Å². The number of hydrogen-bond donors (Lipinski definition) is 2. The van der Waals surface area contributed by atoms with Crippen LogP contribution in [0, 0.1) is 5.41 Å². The van der Waals surface area contributed by atoms with Gasteiger partial charge in [-0.25, -0.2) is 9.97 Å². The molecule has 2 saturated heterocycles. The molecule has 1 aliphatic carbocycles. The first-order valence-corrected chi connectivity index (χ1v) is 15.2. The van der Waals surface area contributed by atoms with E-state index in [1.165, 1.54) is 30.5 Å². The van der Waals surface area contributed by atoms with Gasteiger partial charge in [0.25, 0.3) is 0 Å². The van der Waals surface area contributed by atoms with Crippen LogP contribution in [-0.2, 0) is 10.3 Å². The Hall–Kier alpha value is -4.27. The highest BCUT2D eigenvalue weighted by Crippen LogP contribution is 2.43. The Bertz CT molecular complexity index is 1620. The maximum atomic E-state index is 6.59. The first kappa shape index (κ1) is 27.6. The smallest absolute Gasteiger partial charge is 0.159 e. The summed E-state index contributed by atoms with van der Waals surface area (Å²) in [5.41, 5.74) is 19.8. The molecule has 8 nitrogen and oxygen atoms in total. The van der Waals surface area contributed by atoms with Gasteiger partial charge in [0.15, 0.2) is 5.82 Å². The van der Waals surface area contributed by atoms with Gasteiger partial charge in [-0.3, -0.25) is 4.99 Å². The lowest BCUT2D eigenvalue weighted by molar-refractivity contribution is -0.000190. The summed E-state index contributed by atoms with van der Waals surface area (Å²) in [5, 5.41) is 0. The minimum atomic E-state index is -0.192. The van der Waals surface area contributed by atoms with E-state index < -0.39 is 0 Å². The molecule has 3 aliphatic rings.